The highest BCUT2D eigenvalue weighted by molar-refractivity contribution is 7.22. The van der Waals surface area contributed by atoms with Crippen LogP contribution in [0.3, 0.4) is 0 Å². The number of hydrogen-bond donors (Lipinski definition) is 1. The van der Waals surface area contributed by atoms with E-state index >= 15 is 0 Å². The van der Waals surface area contributed by atoms with Gasteiger partial charge in [0.05, 0.1) is 10.2 Å². The number of thiazole rings is 1. The molecule has 0 aliphatic carbocycles. The Morgan fingerprint density at radius 3 is 3.00 bits per heavy atom. The maximum atomic E-state index is 5.92. The molecule has 1 aliphatic heterocycles. The predicted molar refractivity (Wildman–Crippen MR) is 78.3 cm³/mol. The molecule has 0 bridgehead atoms. The van der Waals surface area contributed by atoms with Gasteiger partial charge in [0.25, 0.3) is 0 Å². The summed E-state index contributed by atoms with van der Waals surface area (Å²) in [6.07, 6.45) is 3.72. The summed E-state index contributed by atoms with van der Waals surface area (Å²) in [4.78, 5) is 7.21. The Balaban J connectivity index is 2.00. The SMILES string of the molecule is CC1CCCC(CN)N1c1nc2ccccc2s1. The van der Waals surface area contributed by atoms with Gasteiger partial charge in [-0.05, 0) is 38.3 Å². The first-order valence-electron chi connectivity index (χ1n) is 6.63. The van der Waals surface area contributed by atoms with E-state index in [-0.39, 0.29) is 0 Å². The van der Waals surface area contributed by atoms with Crippen molar-refractivity contribution in [2.75, 3.05) is 11.4 Å². The summed E-state index contributed by atoms with van der Waals surface area (Å²) in [5.74, 6) is 0. The first kappa shape index (κ1) is 11.9. The van der Waals surface area contributed by atoms with Gasteiger partial charge in [0, 0.05) is 18.6 Å². The van der Waals surface area contributed by atoms with Crippen LogP contribution in [0.5, 0.6) is 0 Å². The molecular weight excluding hydrogens is 242 g/mol. The number of aromatic nitrogens is 1. The third-order valence-electron chi connectivity index (χ3n) is 3.80. The normalized spacial score (nSPS) is 24.7. The molecule has 1 aromatic heterocycles. The van der Waals surface area contributed by atoms with Crippen molar-refractivity contribution < 1.29 is 0 Å². The van der Waals surface area contributed by atoms with Crippen molar-refractivity contribution >= 4 is 26.7 Å². The Morgan fingerprint density at radius 2 is 2.22 bits per heavy atom. The van der Waals surface area contributed by atoms with E-state index in [0.29, 0.717) is 12.1 Å². The molecule has 0 radical (unpaired) electrons. The van der Waals surface area contributed by atoms with Gasteiger partial charge in [-0.15, -0.1) is 0 Å². The standard InChI is InChI=1S/C14H19N3S/c1-10-5-4-6-11(9-15)17(10)14-16-12-7-2-3-8-13(12)18-14/h2-3,7-8,10-11H,4-6,9,15H2,1H3. The summed E-state index contributed by atoms with van der Waals surface area (Å²) in [7, 11) is 0. The number of nitrogens with two attached hydrogens (primary N) is 1. The summed E-state index contributed by atoms with van der Waals surface area (Å²) >= 11 is 1.79. The van der Waals surface area contributed by atoms with Gasteiger partial charge < -0.3 is 10.6 Å². The monoisotopic (exact) mass is 261 g/mol. The third-order valence-corrected chi connectivity index (χ3v) is 4.85. The van der Waals surface area contributed by atoms with Crippen molar-refractivity contribution in [1.29, 1.82) is 0 Å². The molecule has 2 N–H and O–H groups in total. The first-order chi connectivity index (χ1) is 8.79. The van der Waals surface area contributed by atoms with E-state index in [9.17, 15) is 0 Å². The molecule has 2 aromatic rings. The molecule has 0 amide bonds. The van der Waals surface area contributed by atoms with E-state index in [2.05, 4.69) is 30.0 Å². The Bertz CT molecular complexity index is 504. The molecule has 18 heavy (non-hydrogen) atoms. The molecular formula is C14H19N3S. The number of rotatable bonds is 2. The lowest BCUT2D eigenvalue weighted by Crippen LogP contribution is -2.49. The zero-order valence-corrected chi connectivity index (χ0v) is 11.5. The van der Waals surface area contributed by atoms with Crippen molar-refractivity contribution in [3.63, 3.8) is 0 Å². The molecule has 96 valence electrons. The number of anilines is 1. The number of nitrogens with zero attached hydrogens (tertiary/aromatic N) is 2. The fourth-order valence-corrected chi connectivity index (χ4v) is 3.97. The summed E-state index contributed by atoms with van der Waals surface area (Å²) in [5.41, 5.74) is 7.03. The second kappa shape index (κ2) is 4.86. The minimum Gasteiger partial charge on any atom is -0.341 e. The second-order valence-electron chi connectivity index (χ2n) is 5.04. The van der Waals surface area contributed by atoms with Crippen LogP contribution in [0.15, 0.2) is 24.3 Å². The number of piperidine rings is 1. The van der Waals surface area contributed by atoms with Crippen LogP contribution in [0, 0.1) is 0 Å². The fraction of sp³-hybridized carbons (Fsp3) is 0.500. The van der Waals surface area contributed by atoms with E-state index in [4.69, 9.17) is 10.7 Å². The van der Waals surface area contributed by atoms with E-state index in [1.165, 1.54) is 24.0 Å². The smallest absolute Gasteiger partial charge is 0.186 e. The average molecular weight is 261 g/mol. The van der Waals surface area contributed by atoms with Crippen LogP contribution in [-0.2, 0) is 0 Å². The van der Waals surface area contributed by atoms with Gasteiger partial charge in [-0.25, -0.2) is 4.98 Å². The number of hydrogen-bond acceptors (Lipinski definition) is 4. The Morgan fingerprint density at radius 1 is 1.39 bits per heavy atom. The van der Waals surface area contributed by atoms with Gasteiger partial charge in [-0.3, -0.25) is 0 Å². The van der Waals surface area contributed by atoms with Crippen molar-refractivity contribution in [1.82, 2.24) is 4.98 Å². The zero-order valence-electron chi connectivity index (χ0n) is 10.7. The topological polar surface area (TPSA) is 42.1 Å². The molecule has 1 aromatic carbocycles. The van der Waals surface area contributed by atoms with Gasteiger partial charge in [0.15, 0.2) is 5.13 Å². The van der Waals surface area contributed by atoms with Crippen molar-refractivity contribution in [3.05, 3.63) is 24.3 Å². The average Bonchev–Trinajstić information content (AvgIpc) is 2.81. The van der Waals surface area contributed by atoms with Crippen LogP contribution in [0.4, 0.5) is 5.13 Å². The van der Waals surface area contributed by atoms with Crippen LogP contribution in [0.2, 0.25) is 0 Å². The Labute approximate surface area is 112 Å². The molecule has 0 saturated carbocycles. The van der Waals surface area contributed by atoms with E-state index < -0.39 is 0 Å². The second-order valence-corrected chi connectivity index (χ2v) is 6.05. The fourth-order valence-electron chi connectivity index (χ4n) is 2.83. The highest BCUT2D eigenvalue weighted by atomic mass is 32.1. The van der Waals surface area contributed by atoms with Crippen LogP contribution >= 0.6 is 11.3 Å². The summed E-state index contributed by atoms with van der Waals surface area (Å²) in [6.45, 7) is 3.01. The lowest BCUT2D eigenvalue weighted by Gasteiger charge is -2.40. The zero-order chi connectivity index (χ0) is 12.5. The summed E-state index contributed by atoms with van der Waals surface area (Å²) in [5, 5.41) is 1.14. The quantitative estimate of drug-likeness (QED) is 0.903. The van der Waals surface area contributed by atoms with Crippen LogP contribution in [0.25, 0.3) is 10.2 Å². The summed E-state index contributed by atoms with van der Waals surface area (Å²) < 4.78 is 1.26. The van der Waals surface area contributed by atoms with Crippen molar-refractivity contribution in [2.24, 2.45) is 5.73 Å². The molecule has 3 nitrogen and oxygen atoms in total. The molecule has 1 aliphatic rings. The van der Waals surface area contributed by atoms with Gasteiger partial charge in [-0.2, -0.15) is 0 Å². The highest BCUT2D eigenvalue weighted by Crippen LogP contribution is 2.34. The maximum absolute atomic E-state index is 5.92. The van der Waals surface area contributed by atoms with Crippen LogP contribution < -0.4 is 10.6 Å². The van der Waals surface area contributed by atoms with Crippen LogP contribution in [0.1, 0.15) is 26.2 Å². The number of fused-ring (bicyclic) bond motifs is 1. The minimum atomic E-state index is 0.453. The van der Waals surface area contributed by atoms with E-state index in [0.717, 1.165) is 17.2 Å². The predicted octanol–water partition coefficient (Wildman–Crippen LogP) is 3.00. The molecule has 1 saturated heterocycles. The van der Waals surface area contributed by atoms with E-state index in [1.807, 2.05) is 6.07 Å². The molecule has 2 unspecified atom stereocenters. The molecule has 2 heterocycles. The van der Waals surface area contributed by atoms with E-state index in [1.54, 1.807) is 11.3 Å². The largest absolute Gasteiger partial charge is 0.341 e. The maximum Gasteiger partial charge on any atom is 0.186 e. The van der Waals surface area contributed by atoms with Gasteiger partial charge in [0.1, 0.15) is 0 Å². The lowest BCUT2D eigenvalue weighted by atomic mass is 9.97. The highest BCUT2D eigenvalue weighted by Gasteiger charge is 2.29. The minimum absolute atomic E-state index is 0.453. The Hall–Kier alpha value is -1.13. The third kappa shape index (κ3) is 1.99. The molecule has 1 fully saturated rings. The first-order valence-corrected chi connectivity index (χ1v) is 7.45. The molecule has 4 heteroatoms. The van der Waals surface area contributed by atoms with Crippen molar-refractivity contribution in [3.8, 4) is 0 Å². The van der Waals surface area contributed by atoms with Crippen LogP contribution in [-0.4, -0.2) is 23.6 Å². The van der Waals surface area contributed by atoms with Gasteiger partial charge in [0.2, 0.25) is 0 Å². The number of para-hydroxylation sites is 1. The van der Waals surface area contributed by atoms with Crippen molar-refractivity contribution in [2.45, 2.75) is 38.3 Å². The lowest BCUT2D eigenvalue weighted by molar-refractivity contribution is 0.400. The molecule has 0 spiro atoms. The summed E-state index contributed by atoms with van der Waals surface area (Å²) in [6, 6.07) is 9.35. The van der Waals surface area contributed by atoms with Gasteiger partial charge >= 0.3 is 0 Å². The molecule has 2 atom stereocenters. The molecule has 3 rings (SSSR count). The Kier molecular flexibility index (Phi) is 3.22. The number of benzene rings is 1. The van der Waals surface area contributed by atoms with Gasteiger partial charge in [-0.1, -0.05) is 23.5 Å².